The molecule has 6 heteroatoms. The van der Waals surface area contributed by atoms with Gasteiger partial charge < -0.3 is 10.1 Å². The molecular formula is C12H9BrINO2S. The molecule has 0 aliphatic heterocycles. The number of hydrogen-bond donors (Lipinski definition) is 1. The SMILES string of the molecule is COc1ccc(Br)cc1NC(=O)c1csc(I)c1. The predicted molar refractivity (Wildman–Crippen MR) is 85.7 cm³/mol. The number of carbonyl (C=O) groups is 1. The molecule has 1 aromatic heterocycles. The Bertz CT molecular complexity index is 585. The van der Waals surface area contributed by atoms with Crippen molar-refractivity contribution in [2.45, 2.75) is 0 Å². The average Bonchev–Trinajstić information content (AvgIpc) is 2.76. The van der Waals surface area contributed by atoms with Gasteiger partial charge in [-0.3, -0.25) is 4.79 Å². The summed E-state index contributed by atoms with van der Waals surface area (Å²) in [5.74, 6) is 0.502. The fraction of sp³-hybridized carbons (Fsp3) is 0.0833. The van der Waals surface area contributed by atoms with E-state index in [9.17, 15) is 4.79 Å². The summed E-state index contributed by atoms with van der Waals surface area (Å²) in [5, 5.41) is 4.68. The second kappa shape index (κ2) is 6.03. The minimum Gasteiger partial charge on any atom is -0.495 e. The number of thiophene rings is 1. The number of nitrogens with one attached hydrogen (secondary N) is 1. The normalized spacial score (nSPS) is 10.2. The average molecular weight is 438 g/mol. The van der Waals surface area contributed by atoms with Crippen LogP contribution in [-0.4, -0.2) is 13.0 Å². The molecule has 0 bridgehead atoms. The quantitative estimate of drug-likeness (QED) is 0.723. The van der Waals surface area contributed by atoms with Gasteiger partial charge in [0.15, 0.2) is 0 Å². The van der Waals surface area contributed by atoms with E-state index in [-0.39, 0.29) is 5.91 Å². The van der Waals surface area contributed by atoms with Crippen molar-refractivity contribution < 1.29 is 9.53 Å². The molecule has 1 heterocycles. The van der Waals surface area contributed by atoms with Crippen LogP contribution in [0, 0.1) is 2.88 Å². The van der Waals surface area contributed by atoms with Gasteiger partial charge in [0.05, 0.1) is 21.2 Å². The monoisotopic (exact) mass is 437 g/mol. The highest BCUT2D eigenvalue weighted by atomic mass is 127. The smallest absolute Gasteiger partial charge is 0.256 e. The zero-order valence-electron chi connectivity index (χ0n) is 9.37. The number of benzene rings is 1. The number of carbonyl (C=O) groups excluding carboxylic acids is 1. The fourth-order valence-corrected chi connectivity index (χ4v) is 3.09. The molecule has 0 spiro atoms. The van der Waals surface area contributed by atoms with Crippen LogP contribution in [0.1, 0.15) is 10.4 Å². The summed E-state index contributed by atoms with van der Waals surface area (Å²) in [5.41, 5.74) is 1.31. The van der Waals surface area contributed by atoms with Crippen molar-refractivity contribution in [3.63, 3.8) is 0 Å². The molecule has 1 aromatic carbocycles. The first-order valence-electron chi connectivity index (χ1n) is 4.99. The van der Waals surface area contributed by atoms with Gasteiger partial charge in [0.25, 0.3) is 5.91 Å². The standard InChI is InChI=1S/C12H9BrINO2S/c1-17-10-3-2-8(13)5-9(10)15-12(16)7-4-11(14)18-6-7/h2-6H,1H3,(H,15,16). The van der Waals surface area contributed by atoms with E-state index in [1.54, 1.807) is 24.5 Å². The van der Waals surface area contributed by atoms with Crippen LogP contribution in [0.2, 0.25) is 0 Å². The number of rotatable bonds is 3. The topological polar surface area (TPSA) is 38.3 Å². The van der Waals surface area contributed by atoms with Crippen molar-refractivity contribution in [1.82, 2.24) is 0 Å². The van der Waals surface area contributed by atoms with Crippen LogP contribution in [0.5, 0.6) is 5.75 Å². The summed E-state index contributed by atoms with van der Waals surface area (Å²) >= 11 is 7.10. The molecule has 0 aliphatic carbocycles. The Morgan fingerprint density at radius 3 is 2.83 bits per heavy atom. The van der Waals surface area contributed by atoms with E-state index in [0.717, 1.165) is 7.36 Å². The van der Waals surface area contributed by atoms with Crippen LogP contribution in [0.15, 0.2) is 34.1 Å². The summed E-state index contributed by atoms with van der Waals surface area (Å²) in [6, 6.07) is 7.33. The molecule has 0 aliphatic rings. The van der Waals surface area contributed by atoms with E-state index in [4.69, 9.17) is 4.74 Å². The molecule has 2 rings (SSSR count). The van der Waals surface area contributed by atoms with E-state index < -0.39 is 0 Å². The Morgan fingerprint density at radius 1 is 1.44 bits per heavy atom. The second-order valence-electron chi connectivity index (χ2n) is 3.44. The lowest BCUT2D eigenvalue weighted by Crippen LogP contribution is -2.11. The van der Waals surface area contributed by atoms with Gasteiger partial charge >= 0.3 is 0 Å². The molecule has 1 N–H and O–H groups in total. The van der Waals surface area contributed by atoms with E-state index >= 15 is 0 Å². The van der Waals surface area contributed by atoms with E-state index in [2.05, 4.69) is 43.8 Å². The van der Waals surface area contributed by atoms with Gasteiger partial charge in [-0.05, 0) is 46.9 Å². The number of amides is 1. The van der Waals surface area contributed by atoms with Crippen LogP contribution in [0.4, 0.5) is 5.69 Å². The third kappa shape index (κ3) is 3.24. The Kier molecular flexibility index (Phi) is 4.63. The number of anilines is 1. The minimum atomic E-state index is -0.134. The Balaban J connectivity index is 2.23. The molecule has 0 radical (unpaired) electrons. The highest BCUT2D eigenvalue weighted by molar-refractivity contribution is 14.1. The third-order valence-electron chi connectivity index (χ3n) is 2.24. The first-order valence-corrected chi connectivity index (χ1v) is 7.74. The lowest BCUT2D eigenvalue weighted by molar-refractivity contribution is 0.102. The summed E-state index contributed by atoms with van der Waals surface area (Å²) in [6.07, 6.45) is 0. The van der Waals surface area contributed by atoms with Gasteiger partial charge in [-0.15, -0.1) is 11.3 Å². The zero-order chi connectivity index (χ0) is 13.1. The van der Waals surface area contributed by atoms with Crippen molar-refractivity contribution in [3.8, 4) is 5.75 Å². The van der Waals surface area contributed by atoms with Gasteiger partial charge in [-0.1, -0.05) is 15.9 Å². The number of hydrogen-bond acceptors (Lipinski definition) is 3. The van der Waals surface area contributed by atoms with Gasteiger partial charge in [-0.25, -0.2) is 0 Å². The zero-order valence-corrected chi connectivity index (χ0v) is 13.9. The maximum absolute atomic E-state index is 12.0. The molecule has 0 fully saturated rings. The molecule has 2 aromatic rings. The van der Waals surface area contributed by atoms with Crippen LogP contribution in [0.25, 0.3) is 0 Å². The Labute approximate surface area is 131 Å². The molecule has 94 valence electrons. The fourth-order valence-electron chi connectivity index (χ4n) is 1.40. The number of halogens is 2. The molecule has 18 heavy (non-hydrogen) atoms. The summed E-state index contributed by atoms with van der Waals surface area (Å²) < 4.78 is 7.18. The van der Waals surface area contributed by atoms with Crippen molar-refractivity contribution in [3.05, 3.63) is 42.6 Å². The maximum atomic E-state index is 12.0. The molecule has 3 nitrogen and oxygen atoms in total. The van der Waals surface area contributed by atoms with Crippen LogP contribution >= 0.6 is 49.9 Å². The predicted octanol–water partition coefficient (Wildman–Crippen LogP) is 4.38. The Morgan fingerprint density at radius 2 is 2.22 bits per heavy atom. The molecule has 0 saturated heterocycles. The molecular weight excluding hydrogens is 429 g/mol. The molecule has 0 unspecified atom stereocenters. The third-order valence-corrected chi connectivity index (χ3v) is 4.52. The van der Waals surface area contributed by atoms with Gasteiger partial charge in [0.1, 0.15) is 5.75 Å². The van der Waals surface area contributed by atoms with Crippen molar-refractivity contribution in [1.29, 1.82) is 0 Å². The highest BCUT2D eigenvalue weighted by Crippen LogP contribution is 2.28. The first-order chi connectivity index (χ1) is 8.60. The van der Waals surface area contributed by atoms with E-state index in [1.165, 1.54) is 0 Å². The van der Waals surface area contributed by atoms with E-state index in [1.807, 2.05) is 23.6 Å². The van der Waals surface area contributed by atoms with Gasteiger partial charge in [0.2, 0.25) is 0 Å². The number of methoxy groups -OCH3 is 1. The number of ether oxygens (including phenoxy) is 1. The molecule has 0 atom stereocenters. The van der Waals surface area contributed by atoms with Crippen molar-refractivity contribution >= 4 is 61.5 Å². The molecule has 1 amide bonds. The lowest BCUT2D eigenvalue weighted by atomic mass is 10.2. The largest absolute Gasteiger partial charge is 0.495 e. The van der Waals surface area contributed by atoms with Crippen molar-refractivity contribution in [2.24, 2.45) is 0 Å². The highest BCUT2D eigenvalue weighted by Gasteiger charge is 2.11. The van der Waals surface area contributed by atoms with Crippen molar-refractivity contribution in [2.75, 3.05) is 12.4 Å². The first kappa shape index (κ1) is 13.8. The maximum Gasteiger partial charge on any atom is 0.256 e. The molecule has 0 saturated carbocycles. The van der Waals surface area contributed by atoms with Crippen LogP contribution in [-0.2, 0) is 0 Å². The Hall–Kier alpha value is -0.600. The van der Waals surface area contributed by atoms with E-state index in [0.29, 0.717) is 17.0 Å². The summed E-state index contributed by atoms with van der Waals surface area (Å²) in [6.45, 7) is 0. The lowest BCUT2D eigenvalue weighted by Gasteiger charge is -2.09. The van der Waals surface area contributed by atoms with Gasteiger partial charge in [0, 0.05) is 9.85 Å². The van der Waals surface area contributed by atoms with Crippen LogP contribution < -0.4 is 10.1 Å². The summed E-state index contributed by atoms with van der Waals surface area (Å²) in [4.78, 5) is 12.0. The summed E-state index contributed by atoms with van der Waals surface area (Å²) in [7, 11) is 1.58. The minimum absolute atomic E-state index is 0.134. The second-order valence-corrected chi connectivity index (χ2v) is 7.16. The van der Waals surface area contributed by atoms with Gasteiger partial charge in [-0.2, -0.15) is 0 Å². The van der Waals surface area contributed by atoms with Crippen LogP contribution in [0.3, 0.4) is 0 Å².